The topological polar surface area (TPSA) is 69.6 Å². The van der Waals surface area contributed by atoms with Crippen molar-refractivity contribution < 1.29 is 0 Å². The van der Waals surface area contributed by atoms with E-state index in [-0.39, 0.29) is 0 Å². The van der Waals surface area contributed by atoms with Crippen LogP contribution in [0.25, 0.3) is 11.6 Å². The zero-order chi connectivity index (χ0) is 10.7. The van der Waals surface area contributed by atoms with Crippen molar-refractivity contribution in [3.8, 4) is 11.6 Å². The predicted molar refractivity (Wildman–Crippen MR) is 58.0 cm³/mol. The third-order valence-electron chi connectivity index (χ3n) is 2.06. The maximum atomic E-state index is 5.60. The number of imidazole rings is 1. The second kappa shape index (κ2) is 4.08. The van der Waals surface area contributed by atoms with Crippen LogP contribution in [0.4, 0.5) is 5.82 Å². The van der Waals surface area contributed by atoms with Crippen LogP contribution >= 0.6 is 0 Å². The van der Waals surface area contributed by atoms with Crippen molar-refractivity contribution in [3.05, 3.63) is 24.7 Å². The number of aryl methyl sites for hydroxylation is 1. The molecular weight excluding hydrogens is 190 g/mol. The van der Waals surface area contributed by atoms with E-state index in [4.69, 9.17) is 5.73 Å². The van der Waals surface area contributed by atoms with Crippen molar-refractivity contribution >= 4 is 5.82 Å². The number of hydrogen-bond donors (Lipinski definition) is 1. The zero-order valence-corrected chi connectivity index (χ0v) is 8.59. The van der Waals surface area contributed by atoms with Crippen LogP contribution in [0.2, 0.25) is 0 Å². The molecular formula is C10H13N5. The first-order chi connectivity index (χ1) is 7.31. The summed E-state index contributed by atoms with van der Waals surface area (Å²) in [5.74, 6) is 1.81. The lowest BCUT2D eigenvalue weighted by atomic mass is 10.4. The Bertz CT molecular complexity index is 449. The molecule has 15 heavy (non-hydrogen) atoms. The Balaban J connectivity index is 2.40. The lowest BCUT2D eigenvalue weighted by Crippen LogP contribution is -2.02. The minimum absolute atomic E-state index is 0.464. The highest BCUT2D eigenvalue weighted by atomic mass is 15.1. The van der Waals surface area contributed by atoms with Gasteiger partial charge in [-0.05, 0) is 12.5 Å². The summed E-state index contributed by atoms with van der Waals surface area (Å²) >= 11 is 0. The van der Waals surface area contributed by atoms with Gasteiger partial charge in [0, 0.05) is 25.1 Å². The second-order valence-corrected chi connectivity index (χ2v) is 3.25. The van der Waals surface area contributed by atoms with Gasteiger partial charge < -0.3 is 10.3 Å². The van der Waals surface area contributed by atoms with Gasteiger partial charge in [0.1, 0.15) is 5.82 Å². The largest absolute Gasteiger partial charge is 0.384 e. The Labute approximate surface area is 88.0 Å². The second-order valence-electron chi connectivity index (χ2n) is 3.25. The van der Waals surface area contributed by atoms with Gasteiger partial charge in [0.25, 0.3) is 0 Å². The molecule has 0 radical (unpaired) electrons. The molecule has 2 aromatic heterocycles. The standard InChI is InChI=1S/C10H13N5/c1-2-6-15-7-5-13-10(15)9-12-4-3-8(11)14-9/h3-5,7H,2,6H2,1H3,(H2,11,12,14). The summed E-state index contributed by atoms with van der Waals surface area (Å²) in [5, 5.41) is 0. The first kappa shape index (κ1) is 9.64. The molecule has 78 valence electrons. The van der Waals surface area contributed by atoms with E-state index in [0.717, 1.165) is 18.8 Å². The Morgan fingerprint density at radius 1 is 1.33 bits per heavy atom. The summed E-state index contributed by atoms with van der Waals surface area (Å²) in [6.45, 7) is 3.03. The Hall–Kier alpha value is -1.91. The lowest BCUT2D eigenvalue weighted by molar-refractivity contribution is 0.682. The first-order valence-corrected chi connectivity index (χ1v) is 4.91. The van der Waals surface area contributed by atoms with E-state index >= 15 is 0 Å². The predicted octanol–water partition coefficient (Wildman–Crippen LogP) is 1.33. The number of anilines is 1. The minimum Gasteiger partial charge on any atom is -0.384 e. The molecule has 0 aliphatic carbocycles. The van der Waals surface area contributed by atoms with Gasteiger partial charge in [-0.2, -0.15) is 0 Å². The van der Waals surface area contributed by atoms with E-state index in [0.29, 0.717) is 11.6 Å². The maximum absolute atomic E-state index is 5.60. The fourth-order valence-corrected chi connectivity index (χ4v) is 1.42. The van der Waals surface area contributed by atoms with E-state index < -0.39 is 0 Å². The van der Waals surface area contributed by atoms with Crippen molar-refractivity contribution in [2.45, 2.75) is 19.9 Å². The summed E-state index contributed by atoms with van der Waals surface area (Å²) < 4.78 is 2.02. The van der Waals surface area contributed by atoms with Gasteiger partial charge in [0.05, 0.1) is 0 Å². The maximum Gasteiger partial charge on any atom is 0.197 e. The molecule has 5 nitrogen and oxygen atoms in total. The number of nitrogens with zero attached hydrogens (tertiary/aromatic N) is 4. The molecule has 0 bridgehead atoms. The lowest BCUT2D eigenvalue weighted by Gasteiger charge is -2.04. The minimum atomic E-state index is 0.464. The van der Waals surface area contributed by atoms with Gasteiger partial charge in [0.2, 0.25) is 0 Å². The van der Waals surface area contributed by atoms with Crippen LogP contribution < -0.4 is 5.73 Å². The van der Waals surface area contributed by atoms with Crippen LogP contribution in [0.15, 0.2) is 24.7 Å². The molecule has 2 rings (SSSR count). The summed E-state index contributed by atoms with van der Waals surface area (Å²) in [5.41, 5.74) is 5.60. The number of nitrogens with two attached hydrogens (primary N) is 1. The molecule has 2 N–H and O–H groups in total. The Morgan fingerprint density at radius 2 is 2.20 bits per heavy atom. The number of nitrogen functional groups attached to an aromatic ring is 1. The Morgan fingerprint density at radius 3 is 2.93 bits per heavy atom. The highest BCUT2D eigenvalue weighted by Gasteiger charge is 2.07. The van der Waals surface area contributed by atoms with Gasteiger partial charge in [-0.15, -0.1) is 0 Å². The Kier molecular flexibility index (Phi) is 2.62. The monoisotopic (exact) mass is 203 g/mol. The number of rotatable bonds is 3. The van der Waals surface area contributed by atoms with Crippen molar-refractivity contribution in [3.63, 3.8) is 0 Å². The van der Waals surface area contributed by atoms with Crippen LogP contribution in [0, 0.1) is 0 Å². The molecule has 0 unspecified atom stereocenters. The van der Waals surface area contributed by atoms with Gasteiger partial charge in [0.15, 0.2) is 11.6 Å². The van der Waals surface area contributed by atoms with Crippen LogP contribution in [0.3, 0.4) is 0 Å². The molecule has 0 atom stereocenters. The van der Waals surface area contributed by atoms with Crippen molar-refractivity contribution in [1.29, 1.82) is 0 Å². The van der Waals surface area contributed by atoms with E-state index in [1.54, 1.807) is 18.5 Å². The summed E-state index contributed by atoms with van der Waals surface area (Å²) in [7, 11) is 0. The van der Waals surface area contributed by atoms with Crippen molar-refractivity contribution in [2.75, 3.05) is 5.73 Å². The van der Waals surface area contributed by atoms with Crippen LogP contribution in [-0.2, 0) is 6.54 Å². The normalized spacial score (nSPS) is 10.5. The first-order valence-electron chi connectivity index (χ1n) is 4.91. The SMILES string of the molecule is CCCn1ccnc1-c1nccc(N)n1. The average Bonchev–Trinajstić information content (AvgIpc) is 2.66. The van der Waals surface area contributed by atoms with E-state index in [2.05, 4.69) is 21.9 Å². The molecule has 2 heterocycles. The van der Waals surface area contributed by atoms with E-state index in [1.165, 1.54) is 0 Å². The fourth-order valence-electron chi connectivity index (χ4n) is 1.42. The highest BCUT2D eigenvalue weighted by molar-refractivity contribution is 5.46. The fraction of sp³-hybridized carbons (Fsp3) is 0.300. The molecule has 0 amide bonds. The summed E-state index contributed by atoms with van der Waals surface area (Å²) in [4.78, 5) is 12.5. The van der Waals surface area contributed by atoms with Gasteiger partial charge in [-0.25, -0.2) is 15.0 Å². The molecule has 2 aromatic rings. The molecule has 5 heteroatoms. The molecule has 0 aromatic carbocycles. The van der Waals surface area contributed by atoms with Crippen molar-refractivity contribution in [2.24, 2.45) is 0 Å². The highest BCUT2D eigenvalue weighted by Crippen LogP contribution is 2.13. The quantitative estimate of drug-likeness (QED) is 0.817. The molecule has 0 aliphatic rings. The molecule has 0 saturated carbocycles. The van der Waals surface area contributed by atoms with Gasteiger partial charge in [-0.3, -0.25) is 0 Å². The smallest absolute Gasteiger partial charge is 0.197 e. The summed E-state index contributed by atoms with van der Waals surface area (Å²) in [6, 6.07) is 1.66. The average molecular weight is 203 g/mol. The van der Waals surface area contributed by atoms with Crippen LogP contribution in [0.1, 0.15) is 13.3 Å². The molecule has 0 fully saturated rings. The summed E-state index contributed by atoms with van der Waals surface area (Å²) in [6.07, 6.45) is 6.36. The van der Waals surface area contributed by atoms with Crippen LogP contribution in [-0.4, -0.2) is 19.5 Å². The third kappa shape index (κ3) is 1.96. The van der Waals surface area contributed by atoms with E-state index in [1.807, 2.05) is 10.8 Å². The number of hydrogen-bond acceptors (Lipinski definition) is 4. The van der Waals surface area contributed by atoms with E-state index in [9.17, 15) is 0 Å². The molecule has 0 saturated heterocycles. The van der Waals surface area contributed by atoms with Crippen LogP contribution in [0.5, 0.6) is 0 Å². The van der Waals surface area contributed by atoms with Crippen molar-refractivity contribution in [1.82, 2.24) is 19.5 Å². The zero-order valence-electron chi connectivity index (χ0n) is 8.59. The van der Waals surface area contributed by atoms with Gasteiger partial charge >= 0.3 is 0 Å². The third-order valence-corrected chi connectivity index (χ3v) is 2.06. The molecule has 0 aliphatic heterocycles. The number of aromatic nitrogens is 4. The van der Waals surface area contributed by atoms with Gasteiger partial charge in [-0.1, -0.05) is 6.92 Å². The molecule has 0 spiro atoms.